The molecule has 0 bridgehead atoms. The van der Waals surface area contributed by atoms with E-state index in [1.54, 1.807) is 4.90 Å². The summed E-state index contributed by atoms with van der Waals surface area (Å²) in [5.41, 5.74) is 0. The highest BCUT2D eigenvalue weighted by Gasteiger charge is 1.80. The van der Waals surface area contributed by atoms with E-state index in [0.29, 0.717) is 0 Å². The summed E-state index contributed by atoms with van der Waals surface area (Å²) in [4.78, 5) is 1.68. The van der Waals surface area contributed by atoms with Crippen LogP contribution in [0.2, 0.25) is 0 Å². The Morgan fingerprint density at radius 2 is 2.17 bits per heavy atom. The molecule has 0 heterocycles. The summed E-state index contributed by atoms with van der Waals surface area (Å²) in [6, 6.07) is 0. The zero-order chi connectivity index (χ0) is 4.99. The van der Waals surface area contributed by atoms with Crippen LogP contribution in [-0.4, -0.2) is 18.5 Å². The van der Waals surface area contributed by atoms with Crippen LogP contribution < -0.4 is 0 Å². The van der Waals surface area contributed by atoms with Crippen LogP contribution in [0, 0.1) is 7.05 Å². The lowest BCUT2D eigenvalue weighted by Crippen LogP contribution is -2.08. The average molecular weight is 85.1 g/mol. The minimum atomic E-state index is 0.986. The molecule has 0 aliphatic rings. The van der Waals surface area contributed by atoms with E-state index in [1.165, 1.54) is 0 Å². The fraction of sp³-hybridized carbons (Fsp3) is 0.800. The van der Waals surface area contributed by atoms with Gasteiger partial charge in [-0.3, -0.25) is 0 Å². The third kappa shape index (κ3) is 3.96. The number of hydrogen-bond donors (Lipinski definition) is 0. The minimum Gasteiger partial charge on any atom is -0.300 e. The molecule has 0 aromatic rings. The lowest BCUT2D eigenvalue weighted by molar-refractivity contribution is 0.449. The van der Waals surface area contributed by atoms with Crippen molar-refractivity contribution >= 4 is 0 Å². The molecule has 0 fully saturated rings. The molecule has 0 saturated carbocycles. The van der Waals surface area contributed by atoms with Crippen LogP contribution in [0.5, 0.6) is 0 Å². The summed E-state index contributed by atoms with van der Waals surface area (Å²) in [5, 5.41) is 0. The Balaban J connectivity index is 2.63. The Hall–Kier alpha value is -0.0400. The van der Waals surface area contributed by atoms with Gasteiger partial charge in [-0.25, -0.2) is 0 Å². The Kier molecular flexibility index (Phi) is 3.14. The molecule has 0 aromatic heterocycles. The molecule has 0 amide bonds. The van der Waals surface area contributed by atoms with Crippen molar-refractivity contribution in [3.8, 4) is 0 Å². The first kappa shape index (κ1) is 5.96. The van der Waals surface area contributed by atoms with Crippen LogP contribution in [0.4, 0.5) is 0 Å². The monoisotopic (exact) mass is 85.1 g/mol. The van der Waals surface area contributed by atoms with E-state index in [4.69, 9.17) is 7.05 Å². The molecule has 0 aliphatic heterocycles. The largest absolute Gasteiger partial charge is 0.300 e. The third-order valence-corrected chi connectivity index (χ3v) is 0.576. The maximum Gasteiger partial charge on any atom is 0.0435 e. The van der Waals surface area contributed by atoms with Crippen LogP contribution in [0.1, 0.15) is 13.3 Å². The Morgan fingerprint density at radius 3 is 2.17 bits per heavy atom. The van der Waals surface area contributed by atoms with Crippen molar-refractivity contribution in [2.24, 2.45) is 0 Å². The van der Waals surface area contributed by atoms with Gasteiger partial charge in [0.1, 0.15) is 0 Å². The second-order valence-corrected chi connectivity index (χ2v) is 1.48. The van der Waals surface area contributed by atoms with E-state index >= 15 is 0 Å². The molecular formula is C5H11N. The van der Waals surface area contributed by atoms with Gasteiger partial charge in [0.25, 0.3) is 0 Å². The summed E-state index contributed by atoms with van der Waals surface area (Å²) >= 11 is 0. The molecule has 36 valence electrons. The van der Waals surface area contributed by atoms with Crippen LogP contribution in [0.3, 0.4) is 0 Å². The molecule has 0 spiro atoms. The number of nitrogens with zero attached hydrogens (tertiary/aromatic N) is 1. The molecule has 0 rings (SSSR count). The topological polar surface area (TPSA) is 3.24 Å². The van der Waals surface area contributed by atoms with Crippen molar-refractivity contribution < 1.29 is 0 Å². The van der Waals surface area contributed by atoms with Crippen molar-refractivity contribution in [3.63, 3.8) is 0 Å². The first-order valence-corrected chi connectivity index (χ1v) is 2.23. The molecule has 1 heteroatoms. The van der Waals surface area contributed by atoms with Crippen LogP contribution in [0.15, 0.2) is 0 Å². The number of rotatable bonds is 2. The third-order valence-electron chi connectivity index (χ3n) is 0.576. The molecule has 6 heavy (non-hydrogen) atoms. The fourth-order valence-electron chi connectivity index (χ4n) is 0.353. The van der Waals surface area contributed by atoms with Crippen molar-refractivity contribution in [1.29, 1.82) is 0 Å². The zero-order valence-corrected chi connectivity index (χ0v) is 4.44. The Bertz CT molecular complexity index is 25.1. The SMILES string of the molecule is [CH]N(C)CCC. The van der Waals surface area contributed by atoms with E-state index in [9.17, 15) is 0 Å². The van der Waals surface area contributed by atoms with Gasteiger partial charge >= 0.3 is 0 Å². The van der Waals surface area contributed by atoms with Gasteiger partial charge in [-0.1, -0.05) is 6.92 Å². The molecule has 0 aliphatic carbocycles. The molecule has 0 saturated heterocycles. The summed E-state index contributed by atoms with van der Waals surface area (Å²) < 4.78 is 0. The van der Waals surface area contributed by atoms with Gasteiger partial charge < -0.3 is 4.90 Å². The molecule has 0 N–H and O–H groups in total. The summed E-state index contributed by atoms with van der Waals surface area (Å²) in [6.07, 6.45) is 1.13. The first-order chi connectivity index (χ1) is 2.77. The lowest BCUT2D eigenvalue weighted by Gasteiger charge is -2.02. The van der Waals surface area contributed by atoms with Gasteiger partial charge in [0.05, 0.1) is 0 Å². The zero-order valence-electron chi connectivity index (χ0n) is 4.44. The molecular weight excluding hydrogens is 74.1 g/mol. The van der Waals surface area contributed by atoms with Gasteiger partial charge in [0.15, 0.2) is 0 Å². The predicted octanol–water partition coefficient (Wildman–Crippen LogP) is 0.997. The van der Waals surface area contributed by atoms with Gasteiger partial charge in [-0.15, -0.1) is 0 Å². The fourth-order valence-corrected chi connectivity index (χ4v) is 0.353. The van der Waals surface area contributed by atoms with Crippen molar-refractivity contribution in [2.45, 2.75) is 13.3 Å². The van der Waals surface area contributed by atoms with Crippen LogP contribution >= 0.6 is 0 Å². The molecule has 2 radical (unpaired) electrons. The van der Waals surface area contributed by atoms with Crippen molar-refractivity contribution in [3.05, 3.63) is 7.05 Å². The summed E-state index contributed by atoms with van der Waals surface area (Å²) in [7, 11) is 7.10. The quantitative estimate of drug-likeness (QED) is 0.452. The van der Waals surface area contributed by atoms with Crippen molar-refractivity contribution in [1.82, 2.24) is 4.90 Å². The van der Waals surface area contributed by atoms with Crippen LogP contribution in [0.25, 0.3) is 0 Å². The highest BCUT2D eigenvalue weighted by atomic mass is 15.0. The van der Waals surface area contributed by atoms with E-state index in [-0.39, 0.29) is 0 Å². The standard InChI is InChI=1S/C5H11N/c1-4-5-6(2)3/h2H,4-5H2,1,3H3. The maximum absolute atomic E-state index is 5.24. The second kappa shape index (κ2) is 3.16. The Labute approximate surface area is 40.0 Å². The van der Waals surface area contributed by atoms with E-state index in [1.807, 2.05) is 7.05 Å². The lowest BCUT2D eigenvalue weighted by atomic mass is 10.5. The first-order valence-electron chi connectivity index (χ1n) is 2.23. The Morgan fingerprint density at radius 1 is 1.67 bits per heavy atom. The summed E-state index contributed by atoms with van der Waals surface area (Å²) in [6.45, 7) is 3.09. The average Bonchev–Trinajstić information content (AvgIpc) is 1.35. The summed E-state index contributed by atoms with van der Waals surface area (Å²) in [5.74, 6) is 0. The van der Waals surface area contributed by atoms with Gasteiger partial charge in [-0.2, -0.15) is 0 Å². The molecule has 0 atom stereocenters. The van der Waals surface area contributed by atoms with E-state index < -0.39 is 0 Å². The van der Waals surface area contributed by atoms with Crippen LogP contribution in [-0.2, 0) is 0 Å². The molecule has 0 aromatic carbocycles. The van der Waals surface area contributed by atoms with E-state index in [0.717, 1.165) is 13.0 Å². The highest BCUT2D eigenvalue weighted by Crippen LogP contribution is 1.78. The molecule has 1 nitrogen and oxygen atoms in total. The van der Waals surface area contributed by atoms with Crippen molar-refractivity contribution in [2.75, 3.05) is 13.6 Å². The van der Waals surface area contributed by atoms with Gasteiger partial charge in [0.2, 0.25) is 0 Å². The smallest absolute Gasteiger partial charge is 0.0435 e. The predicted molar refractivity (Wildman–Crippen MR) is 27.2 cm³/mol. The van der Waals surface area contributed by atoms with Gasteiger partial charge in [-0.05, 0) is 20.0 Å². The van der Waals surface area contributed by atoms with Gasteiger partial charge in [0, 0.05) is 7.05 Å². The molecule has 0 unspecified atom stereocenters. The minimum absolute atomic E-state index is 0.986. The maximum atomic E-state index is 5.24. The normalized spacial score (nSPS) is 10.0. The number of hydrogen-bond acceptors (Lipinski definition) is 1. The highest BCUT2D eigenvalue weighted by molar-refractivity contribution is 4.40. The van der Waals surface area contributed by atoms with E-state index in [2.05, 4.69) is 6.92 Å². The second-order valence-electron chi connectivity index (χ2n) is 1.48.